The van der Waals surface area contributed by atoms with Crippen molar-refractivity contribution in [2.45, 2.75) is 26.4 Å². The zero-order chi connectivity index (χ0) is 22.7. The molecule has 0 bridgehead atoms. The van der Waals surface area contributed by atoms with Gasteiger partial charge in [-0.2, -0.15) is 0 Å². The molecule has 1 aromatic carbocycles. The van der Waals surface area contributed by atoms with Gasteiger partial charge in [-0.1, -0.05) is 18.2 Å². The summed E-state index contributed by atoms with van der Waals surface area (Å²) in [4.78, 5) is 35.3. The van der Waals surface area contributed by atoms with Crippen molar-refractivity contribution in [1.29, 1.82) is 0 Å². The van der Waals surface area contributed by atoms with Gasteiger partial charge in [0.1, 0.15) is 5.75 Å². The minimum atomic E-state index is -2.59. The van der Waals surface area contributed by atoms with Crippen molar-refractivity contribution < 1.29 is 27.8 Å². The molecule has 0 spiro atoms. The lowest BCUT2D eigenvalue weighted by Gasteiger charge is -2.16. The Kier molecular flexibility index (Phi) is 6.07. The first-order chi connectivity index (χ1) is 15.4. The van der Waals surface area contributed by atoms with Gasteiger partial charge in [-0.15, -0.1) is 0 Å². The van der Waals surface area contributed by atoms with Crippen LogP contribution in [0, 0.1) is 6.92 Å². The highest BCUT2D eigenvalue weighted by atomic mass is 19.3. The maximum atomic E-state index is 12.9. The van der Waals surface area contributed by atoms with E-state index in [1.165, 1.54) is 12.4 Å². The summed E-state index contributed by atoms with van der Waals surface area (Å²) in [6.07, 6.45) is 0.295. The Morgan fingerprint density at radius 1 is 1.19 bits per heavy atom. The normalized spacial score (nSPS) is 12.8. The number of hydrogen-bond acceptors (Lipinski definition) is 6. The Balaban J connectivity index is 1.49. The molecular weight excluding hydrogens is 420 g/mol. The number of alkyl halides is 2. The van der Waals surface area contributed by atoms with Crippen molar-refractivity contribution >= 4 is 11.9 Å². The van der Waals surface area contributed by atoms with Crippen LogP contribution in [0.1, 0.15) is 37.5 Å². The maximum Gasteiger partial charge on any atom is 0.362 e. The standard InChI is InChI=1S/C23H19F2N3O4/c1-14-9-15(10-27-21(14)31-13-19(24)25)11-28-12-18-17(22(28)29)7-8-26-20(18)23(30)32-16-5-3-2-4-6-16/h2-10,19H,11-13H2,1H3. The number of hydrogen-bond donors (Lipinski definition) is 0. The van der Waals surface area contributed by atoms with E-state index < -0.39 is 19.0 Å². The van der Waals surface area contributed by atoms with E-state index in [1.54, 1.807) is 54.3 Å². The number of benzene rings is 1. The Hall–Kier alpha value is -3.88. The van der Waals surface area contributed by atoms with Gasteiger partial charge in [0.05, 0.1) is 0 Å². The first-order valence-electron chi connectivity index (χ1n) is 9.83. The fourth-order valence-electron chi connectivity index (χ4n) is 3.45. The molecule has 0 atom stereocenters. The van der Waals surface area contributed by atoms with Crippen molar-refractivity contribution in [2.24, 2.45) is 0 Å². The summed E-state index contributed by atoms with van der Waals surface area (Å²) in [6, 6.07) is 11.9. The number of ether oxygens (including phenoxy) is 2. The highest BCUT2D eigenvalue weighted by molar-refractivity contribution is 6.02. The average Bonchev–Trinajstić information content (AvgIpc) is 3.09. The monoisotopic (exact) mass is 439 g/mol. The zero-order valence-electron chi connectivity index (χ0n) is 17.1. The predicted octanol–water partition coefficient (Wildman–Crippen LogP) is 3.80. The average molecular weight is 439 g/mol. The van der Waals surface area contributed by atoms with Crippen LogP contribution in [0.5, 0.6) is 11.6 Å². The molecule has 0 saturated heterocycles. The number of para-hydroxylation sites is 1. The number of rotatable bonds is 7. The van der Waals surface area contributed by atoms with Gasteiger partial charge in [0.2, 0.25) is 5.88 Å². The van der Waals surface area contributed by atoms with Crippen LogP contribution in [0.2, 0.25) is 0 Å². The van der Waals surface area contributed by atoms with Gasteiger partial charge in [0, 0.05) is 42.2 Å². The van der Waals surface area contributed by atoms with E-state index in [4.69, 9.17) is 9.47 Å². The van der Waals surface area contributed by atoms with E-state index in [0.717, 1.165) is 0 Å². The molecule has 2 aromatic heterocycles. The first kappa shape index (κ1) is 21.4. The molecule has 1 aliphatic heterocycles. The van der Waals surface area contributed by atoms with Gasteiger partial charge in [-0.05, 0) is 36.8 Å². The zero-order valence-corrected chi connectivity index (χ0v) is 17.1. The first-order valence-corrected chi connectivity index (χ1v) is 9.83. The van der Waals surface area contributed by atoms with Gasteiger partial charge in [0.15, 0.2) is 12.3 Å². The van der Waals surface area contributed by atoms with E-state index in [1.807, 2.05) is 0 Å². The van der Waals surface area contributed by atoms with Crippen molar-refractivity contribution in [3.63, 3.8) is 0 Å². The van der Waals surface area contributed by atoms with Gasteiger partial charge >= 0.3 is 5.97 Å². The smallest absolute Gasteiger partial charge is 0.362 e. The molecule has 0 fully saturated rings. The number of fused-ring (bicyclic) bond motifs is 1. The lowest BCUT2D eigenvalue weighted by Crippen LogP contribution is -2.23. The molecular formula is C23H19F2N3O4. The molecule has 1 amide bonds. The van der Waals surface area contributed by atoms with E-state index >= 15 is 0 Å². The number of esters is 1. The number of carbonyl (C=O) groups is 2. The van der Waals surface area contributed by atoms with Gasteiger partial charge < -0.3 is 14.4 Å². The van der Waals surface area contributed by atoms with Crippen LogP contribution in [-0.4, -0.2) is 39.8 Å². The van der Waals surface area contributed by atoms with Crippen LogP contribution in [-0.2, 0) is 13.1 Å². The number of aromatic nitrogens is 2. The summed E-state index contributed by atoms with van der Waals surface area (Å²) >= 11 is 0. The molecule has 4 rings (SSSR count). The quantitative estimate of drug-likeness (QED) is 0.411. The fourth-order valence-corrected chi connectivity index (χ4v) is 3.45. The van der Waals surface area contributed by atoms with Crippen LogP contribution < -0.4 is 9.47 Å². The third-order valence-corrected chi connectivity index (χ3v) is 4.88. The van der Waals surface area contributed by atoms with Crippen LogP contribution in [0.3, 0.4) is 0 Å². The summed E-state index contributed by atoms with van der Waals surface area (Å²) in [5.74, 6) is -0.374. The molecule has 0 aliphatic carbocycles. The molecule has 9 heteroatoms. The summed E-state index contributed by atoms with van der Waals surface area (Å²) < 4.78 is 35.1. The molecule has 0 saturated carbocycles. The molecule has 0 unspecified atom stereocenters. The lowest BCUT2D eigenvalue weighted by molar-refractivity contribution is 0.0721. The van der Waals surface area contributed by atoms with Crippen molar-refractivity contribution in [1.82, 2.24) is 14.9 Å². The Bertz CT molecular complexity index is 1160. The Morgan fingerprint density at radius 3 is 2.69 bits per heavy atom. The van der Waals surface area contributed by atoms with Crippen molar-refractivity contribution in [3.8, 4) is 11.6 Å². The third kappa shape index (κ3) is 4.56. The second-order valence-corrected chi connectivity index (χ2v) is 7.22. The SMILES string of the molecule is Cc1cc(CN2Cc3c(ccnc3C(=O)Oc3ccccc3)C2=O)cnc1OCC(F)F. The number of halogens is 2. The highest BCUT2D eigenvalue weighted by Crippen LogP contribution is 2.28. The van der Waals surface area contributed by atoms with E-state index in [9.17, 15) is 18.4 Å². The predicted molar refractivity (Wildman–Crippen MR) is 110 cm³/mol. The third-order valence-electron chi connectivity index (χ3n) is 4.88. The Morgan fingerprint density at radius 2 is 1.97 bits per heavy atom. The van der Waals surface area contributed by atoms with Crippen LogP contribution in [0.15, 0.2) is 54.9 Å². The summed E-state index contributed by atoms with van der Waals surface area (Å²) in [5.41, 5.74) is 2.27. The topological polar surface area (TPSA) is 81.6 Å². The number of carbonyl (C=O) groups excluding carboxylic acids is 2. The highest BCUT2D eigenvalue weighted by Gasteiger charge is 2.32. The minimum Gasteiger partial charge on any atom is -0.471 e. The van der Waals surface area contributed by atoms with Gasteiger partial charge in [-0.3, -0.25) is 4.79 Å². The molecule has 7 nitrogen and oxygen atoms in total. The summed E-state index contributed by atoms with van der Waals surface area (Å²) in [5, 5.41) is 0. The molecule has 1 aliphatic rings. The second kappa shape index (κ2) is 9.09. The van der Waals surface area contributed by atoms with Crippen molar-refractivity contribution in [2.75, 3.05) is 6.61 Å². The minimum absolute atomic E-state index is 0.0901. The largest absolute Gasteiger partial charge is 0.471 e. The molecule has 32 heavy (non-hydrogen) atoms. The van der Waals surface area contributed by atoms with Crippen molar-refractivity contribution in [3.05, 3.63) is 82.8 Å². The fraction of sp³-hybridized carbons (Fsp3) is 0.217. The number of nitrogens with zero attached hydrogens (tertiary/aromatic N) is 3. The molecule has 0 N–H and O–H groups in total. The second-order valence-electron chi connectivity index (χ2n) is 7.22. The molecule has 164 valence electrons. The van der Waals surface area contributed by atoms with Crippen LogP contribution >= 0.6 is 0 Å². The lowest BCUT2D eigenvalue weighted by atomic mass is 10.1. The van der Waals surface area contributed by atoms with Crippen LogP contribution in [0.4, 0.5) is 8.78 Å². The number of aryl methyl sites for hydroxylation is 1. The molecule has 3 aromatic rings. The van der Waals surface area contributed by atoms with E-state index in [2.05, 4.69) is 9.97 Å². The maximum absolute atomic E-state index is 12.9. The van der Waals surface area contributed by atoms with Crippen LogP contribution in [0.25, 0.3) is 0 Å². The molecule has 3 heterocycles. The summed E-state index contributed by atoms with van der Waals surface area (Å²) in [7, 11) is 0. The van der Waals surface area contributed by atoms with Gasteiger partial charge in [-0.25, -0.2) is 23.5 Å². The van der Waals surface area contributed by atoms with E-state index in [0.29, 0.717) is 28.0 Å². The van der Waals surface area contributed by atoms with Gasteiger partial charge in [0.25, 0.3) is 12.3 Å². The van der Waals surface area contributed by atoms with E-state index in [-0.39, 0.29) is 30.6 Å². The molecule has 0 radical (unpaired) electrons. The number of pyridine rings is 2. The summed E-state index contributed by atoms with van der Waals surface area (Å²) in [6.45, 7) is 1.37. The number of amides is 1. The Labute approximate surface area is 182 Å².